The second kappa shape index (κ2) is 5.50. The number of carbonyl (C=O) groups is 1. The van der Waals surface area contributed by atoms with E-state index < -0.39 is 0 Å². The summed E-state index contributed by atoms with van der Waals surface area (Å²) in [6.45, 7) is 14.9. The van der Waals surface area contributed by atoms with Gasteiger partial charge in [-0.3, -0.25) is 4.79 Å². The van der Waals surface area contributed by atoms with Gasteiger partial charge in [0.15, 0.2) is 0 Å². The first-order valence-electron chi connectivity index (χ1n) is 5.68. The lowest BCUT2D eigenvalue weighted by molar-refractivity contribution is -0.121. The molecule has 90 valence electrons. The molecule has 0 rings (SSSR count). The third-order valence-electron chi connectivity index (χ3n) is 3.29. The van der Waals surface area contributed by atoms with Crippen LogP contribution in [0.4, 0.5) is 0 Å². The van der Waals surface area contributed by atoms with Gasteiger partial charge >= 0.3 is 0 Å². The number of hydrogen-bond donors (Lipinski definition) is 2. The summed E-state index contributed by atoms with van der Waals surface area (Å²) in [6, 6.07) is 0. The molecule has 0 aliphatic heterocycles. The van der Waals surface area contributed by atoms with Gasteiger partial charge in [-0.15, -0.1) is 0 Å². The quantitative estimate of drug-likeness (QED) is 0.732. The van der Waals surface area contributed by atoms with Crippen LogP contribution >= 0.6 is 0 Å². The number of hydrogen-bond acceptors (Lipinski definition) is 2. The highest BCUT2D eigenvalue weighted by Crippen LogP contribution is 2.36. The molecule has 0 aromatic carbocycles. The van der Waals surface area contributed by atoms with E-state index in [1.165, 1.54) is 0 Å². The molecule has 0 atom stereocenters. The molecule has 3 nitrogen and oxygen atoms in total. The van der Waals surface area contributed by atoms with E-state index in [1.54, 1.807) is 0 Å². The minimum atomic E-state index is 0.0779. The molecule has 0 aliphatic rings. The highest BCUT2D eigenvalue weighted by molar-refractivity contribution is 5.78. The Balaban J connectivity index is 3.99. The van der Waals surface area contributed by atoms with Crippen LogP contribution in [0, 0.1) is 10.8 Å². The van der Waals surface area contributed by atoms with Gasteiger partial charge in [0.2, 0.25) is 5.91 Å². The van der Waals surface area contributed by atoms with E-state index in [2.05, 4.69) is 45.3 Å². The van der Waals surface area contributed by atoms with Crippen LogP contribution in [0.2, 0.25) is 0 Å². The Morgan fingerprint density at radius 2 is 1.67 bits per heavy atom. The van der Waals surface area contributed by atoms with Gasteiger partial charge in [-0.2, -0.15) is 0 Å². The first kappa shape index (κ1) is 14.4. The van der Waals surface area contributed by atoms with Gasteiger partial charge < -0.3 is 10.6 Å². The summed E-state index contributed by atoms with van der Waals surface area (Å²) in [5, 5.41) is 5.97. The normalized spacial score (nSPS) is 12.7. The summed E-state index contributed by atoms with van der Waals surface area (Å²) >= 11 is 0. The third kappa shape index (κ3) is 5.17. The van der Waals surface area contributed by atoms with Crippen LogP contribution in [0.3, 0.4) is 0 Å². The second-order valence-electron chi connectivity index (χ2n) is 5.69. The molecular weight excluding hydrogens is 188 g/mol. The van der Waals surface area contributed by atoms with Crippen LogP contribution in [0.15, 0.2) is 0 Å². The molecule has 0 spiro atoms. The fraction of sp³-hybridized carbons (Fsp3) is 0.917. The van der Waals surface area contributed by atoms with Crippen LogP contribution in [0.1, 0.15) is 41.5 Å². The lowest BCUT2D eigenvalue weighted by Crippen LogP contribution is -2.44. The minimum absolute atomic E-state index is 0.0779. The standard InChI is InChI=1S/C12H26N2O/c1-7-13-8-10(15)14-9-12(5,6)11(2,3)4/h13H,7-9H2,1-6H3,(H,14,15). The first-order valence-corrected chi connectivity index (χ1v) is 5.68. The van der Waals surface area contributed by atoms with E-state index in [0.29, 0.717) is 6.54 Å². The zero-order valence-electron chi connectivity index (χ0n) is 11.0. The van der Waals surface area contributed by atoms with Gasteiger partial charge in [-0.1, -0.05) is 41.5 Å². The molecule has 0 saturated heterocycles. The van der Waals surface area contributed by atoms with E-state index in [0.717, 1.165) is 13.1 Å². The molecule has 0 aromatic heterocycles. The number of likely N-dealkylation sites (N-methyl/N-ethyl adjacent to an activating group) is 1. The molecule has 0 heterocycles. The van der Waals surface area contributed by atoms with Crippen molar-refractivity contribution >= 4 is 5.91 Å². The van der Waals surface area contributed by atoms with E-state index in [-0.39, 0.29) is 16.7 Å². The maximum absolute atomic E-state index is 11.4. The van der Waals surface area contributed by atoms with Crippen molar-refractivity contribution in [1.82, 2.24) is 10.6 Å². The minimum Gasteiger partial charge on any atom is -0.354 e. The fourth-order valence-corrected chi connectivity index (χ4v) is 0.886. The van der Waals surface area contributed by atoms with Crippen molar-refractivity contribution in [2.24, 2.45) is 10.8 Å². The molecule has 0 aromatic rings. The average Bonchev–Trinajstić information content (AvgIpc) is 2.09. The summed E-state index contributed by atoms with van der Waals surface area (Å²) in [6.07, 6.45) is 0. The van der Waals surface area contributed by atoms with Crippen molar-refractivity contribution in [3.63, 3.8) is 0 Å². The Kier molecular flexibility index (Phi) is 5.29. The zero-order valence-corrected chi connectivity index (χ0v) is 11.0. The molecule has 0 saturated carbocycles. The Morgan fingerprint density at radius 1 is 1.13 bits per heavy atom. The number of nitrogens with one attached hydrogen (secondary N) is 2. The van der Waals surface area contributed by atoms with Gasteiger partial charge in [-0.05, 0) is 17.4 Å². The average molecular weight is 214 g/mol. The molecule has 0 unspecified atom stereocenters. The SMILES string of the molecule is CCNCC(=O)NCC(C)(C)C(C)(C)C. The molecule has 0 radical (unpaired) electrons. The number of carbonyl (C=O) groups excluding carboxylic acids is 1. The van der Waals surface area contributed by atoms with Gasteiger partial charge in [0.1, 0.15) is 0 Å². The van der Waals surface area contributed by atoms with E-state index in [9.17, 15) is 4.79 Å². The third-order valence-corrected chi connectivity index (χ3v) is 3.29. The van der Waals surface area contributed by atoms with Crippen molar-refractivity contribution < 1.29 is 4.79 Å². The molecule has 2 N–H and O–H groups in total. The maximum Gasteiger partial charge on any atom is 0.233 e. The van der Waals surface area contributed by atoms with Crippen molar-refractivity contribution in [2.45, 2.75) is 41.5 Å². The smallest absolute Gasteiger partial charge is 0.233 e. The highest BCUT2D eigenvalue weighted by atomic mass is 16.1. The predicted octanol–water partition coefficient (Wildman–Crippen LogP) is 1.78. The lowest BCUT2D eigenvalue weighted by Gasteiger charge is -2.38. The van der Waals surface area contributed by atoms with Crippen LogP contribution in [0.5, 0.6) is 0 Å². The maximum atomic E-state index is 11.4. The predicted molar refractivity (Wildman–Crippen MR) is 64.8 cm³/mol. The number of rotatable bonds is 5. The summed E-state index contributed by atoms with van der Waals surface area (Å²) in [5.74, 6) is 0.0779. The zero-order chi connectivity index (χ0) is 12.1. The second-order valence-corrected chi connectivity index (χ2v) is 5.69. The molecule has 0 aliphatic carbocycles. The summed E-state index contributed by atoms with van der Waals surface area (Å²) in [5.41, 5.74) is 0.299. The first-order chi connectivity index (χ1) is 6.70. The largest absolute Gasteiger partial charge is 0.354 e. The molecule has 3 heteroatoms. The van der Waals surface area contributed by atoms with Gasteiger partial charge in [0, 0.05) is 6.54 Å². The summed E-state index contributed by atoms with van der Waals surface area (Å²) in [7, 11) is 0. The summed E-state index contributed by atoms with van der Waals surface area (Å²) in [4.78, 5) is 11.4. The van der Waals surface area contributed by atoms with Crippen molar-refractivity contribution in [3.05, 3.63) is 0 Å². The van der Waals surface area contributed by atoms with Crippen molar-refractivity contribution in [1.29, 1.82) is 0 Å². The monoisotopic (exact) mass is 214 g/mol. The highest BCUT2D eigenvalue weighted by Gasteiger charge is 2.32. The van der Waals surface area contributed by atoms with Gasteiger partial charge in [0.25, 0.3) is 0 Å². The van der Waals surface area contributed by atoms with Crippen molar-refractivity contribution in [2.75, 3.05) is 19.6 Å². The summed E-state index contributed by atoms with van der Waals surface area (Å²) < 4.78 is 0. The van der Waals surface area contributed by atoms with Gasteiger partial charge in [-0.25, -0.2) is 0 Å². The Bertz CT molecular complexity index is 204. The number of amides is 1. The van der Waals surface area contributed by atoms with Crippen LogP contribution in [-0.4, -0.2) is 25.5 Å². The fourth-order valence-electron chi connectivity index (χ4n) is 0.886. The van der Waals surface area contributed by atoms with E-state index in [1.807, 2.05) is 6.92 Å². The van der Waals surface area contributed by atoms with Gasteiger partial charge in [0.05, 0.1) is 6.54 Å². The van der Waals surface area contributed by atoms with E-state index >= 15 is 0 Å². The Hall–Kier alpha value is -0.570. The van der Waals surface area contributed by atoms with Crippen molar-refractivity contribution in [3.8, 4) is 0 Å². The molecule has 1 amide bonds. The Labute approximate surface area is 94.0 Å². The van der Waals surface area contributed by atoms with Crippen LogP contribution in [-0.2, 0) is 4.79 Å². The molecule has 0 fully saturated rings. The lowest BCUT2D eigenvalue weighted by atomic mass is 9.69. The van der Waals surface area contributed by atoms with Crippen LogP contribution < -0.4 is 10.6 Å². The molecule has 0 bridgehead atoms. The van der Waals surface area contributed by atoms with E-state index in [4.69, 9.17) is 0 Å². The Morgan fingerprint density at radius 3 is 2.07 bits per heavy atom. The molecule has 15 heavy (non-hydrogen) atoms. The topological polar surface area (TPSA) is 41.1 Å². The molecular formula is C12H26N2O. The van der Waals surface area contributed by atoms with Crippen LogP contribution in [0.25, 0.3) is 0 Å².